The smallest absolute Gasteiger partial charge is 0.333 e. The van der Waals surface area contributed by atoms with E-state index in [-0.39, 0.29) is 5.69 Å². The topological polar surface area (TPSA) is 112 Å². The number of nitrogens with zero attached hydrogens (tertiary/aromatic N) is 5. The molecule has 20 heavy (non-hydrogen) atoms. The summed E-state index contributed by atoms with van der Waals surface area (Å²) in [6, 6.07) is 0. The third kappa shape index (κ3) is 2.76. The van der Waals surface area contributed by atoms with Crippen molar-refractivity contribution in [1.29, 1.82) is 0 Å². The Morgan fingerprint density at radius 1 is 1.50 bits per heavy atom. The van der Waals surface area contributed by atoms with Crippen molar-refractivity contribution in [3.63, 3.8) is 0 Å². The minimum atomic E-state index is -0.410. The maximum atomic E-state index is 11.1. The quantitative estimate of drug-likeness (QED) is 0.625. The molecule has 0 spiro atoms. The normalized spacial score (nSPS) is 10.8. The molecule has 1 N–H and O–H groups in total. The number of nitrogens with one attached hydrogen (secondary N) is 1. The van der Waals surface area contributed by atoms with Crippen molar-refractivity contribution in [3.05, 3.63) is 27.5 Å². The molecule has 0 amide bonds. The molecule has 0 saturated heterocycles. The third-order valence-corrected chi connectivity index (χ3v) is 2.82. The van der Waals surface area contributed by atoms with Gasteiger partial charge >= 0.3 is 5.69 Å². The second-order valence-corrected chi connectivity index (χ2v) is 4.28. The van der Waals surface area contributed by atoms with Crippen LogP contribution in [-0.4, -0.2) is 31.4 Å². The lowest BCUT2D eigenvalue weighted by atomic mass is 10.3. The Hall–Kier alpha value is -2.45. The van der Waals surface area contributed by atoms with Crippen LogP contribution in [0.2, 0.25) is 0 Å². The largest absolute Gasteiger partial charge is 0.364 e. The molecule has 2 rings (SSSR count). The Morgan fingerprint density at radius 2 is 2.25 bits per heavy atom. The van der Waals surface area contributed by atoms with E-state index in [1.165, 1.54) is 4.68 Å². The highest BCUT2D eigenvalue weighted by Gasteiger charge is 2.25. The number of anilines is 1. The first kappa shape index (κ1) is 14.0. The van der Waals surface area contributed by atoms with Gasteiger partial charge in [-0.2, -0.15) is 10.1 Å². The van der Waals surface area contributed by atoms with Gasteiger partial charge in [0.15, 0.2) is 5.82 Å². The molecule has 0 unspecified atom stereocenters. The number of rotatable bonds is 6. The SMILES string of the molecule is CCc1nn(C)c(NCCc2noc(C)n2)c1[N+](=O)[O-]. The first-order valence-electron chi connectivity index (χ1n) is 6.26. The van der Waals surface area contributed by atoms with E-state index in [9.17, 15) is 10.1 Å². The minimum Gasteiger partial charge on any atom is -0.364 e. The summed E-state index contributed by atoms with van der Waals surface area (Å²) in [5.41, 5.74) is 0.495. The van der Waals surface area contributed by atoms with Crippen LogP contribution in [0.3, 0.4) is 0 Å². The maximum Gasteiger partial charge on any atom is 0.333 e. The van der Waals surface area contributed by atoms with E-state index in [4.69, 9.17) is 4.52 Å². The summed E-state index contributed by atoms with van der Waals surface area (Å²) in [5.74, 6) is 1.46. The minimum absolute atomic E-state index is 0.0271. The number of aryl methyl sites for hydroxylation is 3. The van der Waals surface area contributed by atoms with Crippen LogP contribution in [0.5, 0.6) is 0 Å². The summed E-state index contributed by atoms with van der Waals surface area (Å²) in [4.78, 5) is 14.8. The van der Waals surface area contributed by atoms with Crippen molar-refractivity contribution in [2.75, 3.05) is 11.9 Å². The standard InChI is InChI=1S/C11H16N6O3/c1-4-8-10(17(18)19)11(16(3)14-8)12-6-5-9-13-7(2)20-15-9/h12H,4-6H2,1-3H3. The lowest BCUT2D eigenvalue weighted by Crippen LogP contribution is -2.10. The van der Waals surface area contributed by atoms with Crippen LogP contribution in [0.4, 0.5) is 11.5 Å². The number of hydrogen-bond acceptors (Lipinski definition) is 7. The zero-order valence-corrected chi connectivity index (χ0v) is 11.6. The van der Waals surface area contributed by atoms with Crippen LogP contribution in [0.1, 0.15) is 24.3 Å². The molecule has 2 aromatic rings. The molecule has 9 heteroatoms. The van der Waals surface area contributed by atoms with E-state index in [1.807, 2.05) is 6.92 Å². The van der Waals surface area contributed by atoms with Gasteiger partial charge in [-0.1, -0.05) is 12.1 Å². The Morgan fingerprint density at radius 3 is 2.80 bits per heavy atom. The van der Waals surface area contributed by atoms with Crippen LogP contribution in [0.15, 0.2) is 4.52 Å². The van der Waals surface area contributed by atoms with Gasteiger partial charge in [0.05, 0.1) is 4.92 Å². The Labute approximate surface area is 115 Å². The van der Waals surface area contributed by atoms with Gasteiger partial charge in [0, 0.05) is 26.9 Å². The zero-order chi connectivity index (χ0) is 14.7. The molecule has 2 heterocycles. The molecule has 0 atom stereocenters. The van der Waals surface area contributed by atoms with Gasteiger partial charge in [0.2, 0.25) is 11.7 Å². The predicted molar refractivity (Wildman–Crippen MR) is 70.5 cm³/mol. The van der Waals surface area contributed by atoms with Crippen molar-refractivity contribution >= 4 is 11.5 Å². The summed E-state index contributed by atoms with van der Waals surface area (Å²) in [6.07, 6.45) is 1.02. The van der Waals surface area contributed by atoms with Gasteiger partial charge in [0.25, 0.3) is 0 Å². The first-order chi connectivity index (χ1) is 9.52. The van der Waals surface area contributed by atoms with E-state index in [1.54, 1.807) is 14.0 Å². The lowest BCUT2D eigenvalue weighted by molar-refractivity contribution is -0.384. The van der Waals surface area contributed by atoms with Crippen molar-refractivity contribution in [3.8, 4) is 0 Å². The highest BCUT2D eigenvalue weighted by Crippen LogP contribution is 2.28. The number of nitro groups is 1. The Kier molecular flexibility index (Phi) is 3.97. The molecule has 9 nitrogen and oxygen atoms in total. The van der Waals surface area contributed by atoms with Gasteiger partial charge in [-0.05, 0) is 6.42 Å². The molecule has 0 bridgehead atoms. The molecule has 0 aliphatic rings. The van der Waals surface area contributed by atoms with Gasteiger partial charge in [-0.25, -0.2) is 4.68 Å². The molecule has 108 valence electrons. The monoisotopic (exact) mass is 280 g/mol. The second-order valence-electron chi connectivity index (χ2n) is 4.28. The highest BCUT2D eigenvalue weighted by molar-refractivity contribution is 5.59. The van der Waals surface area contributed by atoms with Crippen LogP contribution in [0.25, 0.3) is 0 Å². The number of hydrogen-bond donors (Lipinski definition) is 1. The second kappa shape index (κ2) is 5.68. The van der Waals surface area contributed by atoms with E-state index in [0.717, 1.165) is 0 Å². The van der Waals surface area contributed by atoms with Gasteiger partial charge in [0.1, 0.15) is 5.69 Å². The summed E-state index contributed by atoms with van der Waals surface area (Å²) < 4.78 is 6.34. The molecular formula is C11H16N6O3. The van der Waals surface area contributed by atoms with Crippen molar-refractivity contribution in [1.82, 2.24) is 19.9 Å². The fourth-order valence-electron chi connectivity index (χ4n) is 1.93. The van der Waals surface area contributed by atoms with Crippen molar-refractivity contribution in [2.24, 2.45) is 7.05 Å². The van der Waals surface area contributed by atoms with Gasteiger partial charge < -0.3 is 9.84 Å². The van der Waals surface area contributed by atoms with Crippen molar-refractivity contribution < 1.29 is 9.45 Å². The van der Waals surface area contributed by atoms with E-state index in [0.29, 0.717) is 42.6 Å². The Bertz CT molecular complexity index is 618. The van der Waals surface area contributed by atoms with E-state index in [2.05, 4.69) is 20.6 Å². The average molecular weight is 280 g/mol. The predicted octanol–water partition coefficient (Wildman–Crippen LogP) is 1.24. The van der Waals surface area contributed by atoms with Crippen LogP contribution in [0, 0.1) is 17.0 Å². The molecule has 0 radical (unpaired) electrons. The summed E-state index contributed by atoms with van der Waals surface area (Å²) >= 11 is 0. The summed E-state index contributed by atoms with van der Waals surface area (Å²) in [7, 11) is 1.67. The van der Waals surface area contributed by atoms with Crippen LogP contribution in [-0.2, 0) is 19.9 Å². The molecule has 0 aliphatic carbocycles. The van der Waals surface area contributed by atoms with Gasteiger partial charge in [-0.15, -0.1) is 0 Å². The van der Waals surface area contributed by atoms with Crippen LogP contribution < -0.4 is 5.32 Å². The van der Waals surface area contributed by atoms with E-state index < -0.39 is 4.92 Å². The van der Waals surface area contributed by atoms with E-state index >= 15 is 0 Å². The summed E-state index contributed by atoms with van der Waals surface area (Å²) in [6.45, 7) is 4.01. The maximum absolute atomic E-state index is 11.1. The number of aromatic nitrogens is 4. The highest BCUT2D eigenvalue weighted by atomic mass is 16.6. The third-order valence-electron chi connectivity index (χ3n) is 2.82. The Balaban J connectivity index is 2.09. The molecular weight excluding hydrogens is 264 g/mol. The fourth-order valence-corrected chi connectivity index (χ4v) is 1.93. The molecule has 0 saturated carbocycles. The molecule has 0 fully saturated rings. The van der Waals surface area contributed by atoms with Gasteiger partial charge in [-0.3, -0.25) is 10.1 Å². The summed E-state index contributed by atoms with van der Waals surface area (Å²) in [5, 5.41) is 22.0. The fraction of sp³-hybridized carbons (Fsp3) is 0.545. The molecule has 0 aromatic carbocycles. The molecule has 0 aliphatic heterocycles. The molecule has 2 aromatic heterocycles. The first-order valence-corrected chi connectivity index (χ1v) is 6.26. The average Bonchev–Trinajstić information content (AvgIpc) is 2.94. The van der Waals surface area contributed by atoms with Crippen LogP contribution >= 0.6 is 0 Å². The zero-order valence-electron chi connectivity index (χ0n) is 11.6. The van der Waals surface area contributed by atoms with Crippen molar-refractivity contribution in [2.45, 2.75) is 26.7 Å². The lowest BCUT2D eigenvalue weighted by Gasteiger charge is -2.04.